The monoisotopic (exact) mass is 540 g/mol. The Morgan fingerprint density at radius 2 is 0.810 bits per heavy atom. The fraction of sp³-hybridized carbons (Fsp3) is 0.0526. The smallest absolute Gasteiger partial charge is 0.140 e. The first-order valence-corrected chi connectivity index (χ1v) is 14.2. The summed E-state index contributed by atoms with van der Waals surface area (Å²) in [7, 11) is 4.17. The van der Waals surface area contributed by atoms with Gasteiger partial charge in [-0.25, -0.2) is 9.97 Å². The van der Waals surface area contributed by atoms with Crippen molar-refractivity contribution in [3.05, 3.63) is 133 Å². The van der Waals surface area contributed by atoms with E-state index in [0.29, 0.717) is 0 Å². The molecule has 8 aromatic rings. The minimum Gasteiger partial charge on any atom is -0.327 e. The summed E-state index contributed by atoms with van der Waals surface area (Å²) in [6, 6.07) is 47.3. The molecule has 6 aromatic carbocycles. The lowest BCUT2D eigenvalue weighted by Gasteiger charge is -2.13. The van der Waals surface area contributed by atoms with Crippen LogP contribution in [-0.4, -0.2) is 19.1 Å². The molecular weight excluding hydrogens is 512 g/mol. The summed E-state index contributed by atoms with van der Waals surface area (Å²) < 4.78 is 4.35. The van der Waals surface area contributed by atoms with Crippen molar-refractivity contribution >= 4 is 32.8 Å². The maximum absolute atomic E-state index is 4.94. The van der Waals surface area contributed by atoms with Crippen molar-refractivity contribution in [1.82, 2.24) is 19.1 Å². The van der Waals surface area contributed by atoms with E-state index in [1.165, 1.54) is 33.0 Å². The van der Waals surface area contributed by atoms with Gasteiger partial charge in [0.05, 0.1) is 22.1 Å². The van der Waals surface area contributed by atoms with Gasteiger partial charge in [-0.3, -0.25) is 0 Å². The molecule has 0 saturated carbocycles. The topological polar surface area (TPSA) is 35.6 Å². The molecule has 0 amide bonds. The first-order valence-electron chi connectivity index (χ1n) is 14.2. The Morgan fingerprint density at radius 3 is 1.26 bits per heavy atom. The zero-order valence-electron chi connectivity index (χ0n) is 23.5. The molecule has 0 unspecified atom stereocenters. The van der Waals surface area contributed by atoms with Crippen molar-refractivity contribution < 1.29 is 0 Å². The van der Waals surface area contributed by atoms with Gasteiger partial charge in [0.1, 0.15) is 11.6 Å². The first-order chi connectivity index (χ1) is 20.7. The maximum Gasteiger partial charge on any atom is 0.140 e. The van der Waals surface area contributed by atoms with Crippen LogP contribution in [0.15, 0.2) is 133 Å². The maximum atomic E-state index is 4.94. The lowest BCUT2D eigenvalue weighted by Crippen LogP contribution is -1.93. The highest BCUT2D eigenvalue weighted by Gasteiger charge is 2.14. The molecule has 0 fully saturated rings. The van der Waals surface area contributed by atoms with Crippen LogP contribution in [0, 0.1) is 0 Å². The van der Waals surface area contributed by atoms with Gasteiger partial charge in [0.25, 0.3) is 0 Å². The largest absolute Gasteiger partial charge is 0.327 e. The SMILES string of the molecule is Cn1c(-c2cccc(-c3cccc4c(-c5cccc(-c6nc7ccccc7n6C)c5)cccc34)c2)nc2ccccc21. The Balaban J connectivity index is 1.24. The molecule has 0 aliphatic heterocycles. The molecule has 200 valence electrons. The molecule has 0 aliphatic carbocycles. The van der Waals surface area contributed by atoms with Crippen LogP contribution in [0.5, 0.6) is 0 Å². The quantitative estimate of drug-likeness (QED) is 0.223. The molecule has 42 heavy (non-hydrogen) atoms. The highest BCUT2D eigenvalue weighted by atomic mass is 15.1. The molecule has 4 heteroatoms. The molecule has 2 heterocycles. The van der Waals surface area contributed by atoms with E-state index in [-0.39, 0.29) is 0 Å². The van der Waals surface area contributed by atoms with Crippen LogP contribution in [-0.2, 0) is 14.1 Å². The van der Waals surface area contributed by atoms with E-state index in [2.05, 4.69) is 145 Å². The Hall–Kier alpha value is -5.48. The molecule has 2 aromatic heterocycles. The van der Waals surface area contributed by atoms with Gasteiger partial charge in [0.2, 0.25) is 0 Å². The number of fused-ring (bicyclic) bond motifs is 3. The summed E-state index contributed by atoms with van der Waals surface area (Å²) in [6.45, 7) is 0. The fourth-order valence-electron chi connectivity index (χ4n) is 6.27. The molecule has 0 N–H and O–H groups in total. The lowest BCUT2D eigenvalue weighted by molar-refractivity contribution is 0.959. The number of rotatable bonds is 4. The fourth-order valence-corrected chi connectivity index (χ4v) is 6.27. The van der Waals surface area contributed by atoms with Crippen LogP contribution in [0.2, 0.25) is 0 Å². The minimum atomic E-state index is 0.970. The number of aryl methyl sites for hydroxylation is 2. The molecule has 0 spiro atoms. The number of benzene rings is 6. The van der Waals surface area contributed by atoms with Crippen LogP contribution in [0.3, 0.4) is 0 Å². The van der Waals surface area contributed by atoms with Gasteiger partial charge in [-0.15, -0.1) is 0 Å². The van der Waals surface area contributed by atoms with Gasteiger partial charge in [0.15, 0.2) is 0 Å². The predicted octanol–water partition coefficient (Wildman–Crippen LogP) is 9.28. The average Bonchev–Trinajstić information content (AvgIpc) is 3.57. The standard InChI is InChI=1S/C38H28N4/c1-41-35-21-5-3-19-33(35)39-37(41)27-13-7-11-25(23-27)29-15-9-18-32-30(16-10-17-31(29)32)26-12-8-14-28(24-26)38-40-34-20-4-6-22-36(34)42(38)2/h3-24H,1-2H3. The van der Waals surface area contributed by atoms with Gasteiger partial charge in [-0.1, -0.05) is 97.1 Å². The molecule has 0 saturated heterocycles. The number of imidazole rings is 2. The second-order valence-electron chi connectivity index (χ2n) is 10.8. The molecule has 8 rings (SSSR count). The van der Waals surface area contributed by atoms with Crippen molar-refractivity contribution in [2.24, 2.45) is 14.1 Å². The summed E-state index contributed by atoms with van der Waals surface area (Å²) >= 11 is 0. The molecular formula is C38H28N4. The van der Waals surface area contributed by atoms with E-state index in [9.17, 15) is 0 Å². The van der Waals surface area contributed by atoms with Gasteiger partial charge >= 0.3 is 0 Å². The summed E-state index contributed by atoms with van der Waals surface area (Å²) in [5, 5.41) is 2.45. The number of hydrogen-bond donors (Lipinski definition) is 0. The van der Waals surface area contributed by atoms with E-state index in [1.54, 1.807) is 0 Å². The Labute approximate surface area is 244 Å². The van der Waals surface area contributed by atoms with Crippen LogP contribution in [0.25, 0.3) is 77.9 Å². The summed E-state index contributed by atoms with van der Waals surface area (Å²) in [4.78, 5) is 9.89. The Morgan fingerprint density at radius 1 is 0.405 bits per heavy atom. The second-order valence-corrected chi connectivity index (χ2v) is 10.8. The molecule has 0 atom stereocenters. The number of aromatic nitrogens is 4. The van der Waals surface area contributed by atoms with Gasteiger partial charge in [-0.2, -0.15) is 0 Å². The summed E-state index contributed by atoms with van der Waals surface area (Å²) in [5.74, 6) is 1.94. The summed E-state index contributed by atoms with van der Waals surface area (Å²) in [5.41, 5.74) is 11.3. The highest BCUT2D eigenvalue weighted by Crippen LogP contribution is 2.37. The van der Waals surface area contributed by atoms with Gasteiger partial charge < -0.3 is 9.13 Å². The van der Waals surface area contributed by atoms with E-state index >= 15 is 0 Å². The lowest BCUT2D eigenvalue weighted by atomic mass is 9.92. The Bertz CT molecular complexity index is 2120. The number of hydrogen-bond acceptors (Lipinski definition) is 2. The minimum absolute atomic E-state index is 0.970. The van der Waals surface area contributed by atoms with Gasteiger partial charge in [-0.05, 0) is 69.4 Å². The second kappa shape index (κ2) is 9.57. The van der Waals surface area contributed by atoms with Crippen LogP contribution in [0.4, 0.5) is 0 Å². The van der Waals surface area contributed by atoms with Gasteiger partial charge in [0, 0.05) is 25.2 Å². The summed E-state index contributed by atoms with van der Waals surface area (Å²) in [6.07, 6.45) is 0. The third-order valence-electron chi connectivity index (χ3n) is 8.36. The average molecular weight is 541 g/mol. The van der Waals surface area contributed by atoms with Crippen LogP contribution >= 0.6 is 0 Å². The normalized spacial score (nSPS) is 11.6. The van der Waals surface area contributed by atoms with Crippen molar-refractivity contribution in [2.75, 3.05) is 0 Å². The third kappa shape index (κ3) is 3.84. The van der Waals surface area contributed by atoms with E-state index < -0.39 is 0 Å². The zero-order chi connectivity index (χ0) is 28.2. The van der Waals surface area contributed by atoms with E-state index in [4.69, 9.17) is 9.97 Å². The molecule has 0 radical (unpaired) electrons. The van der Waals surface area contributed by atoms with E-state index in [1.807, 2.05) is 12.1 Å². The number of nitrogens with zero attached hydrogens (tertiary/aromatic N) is 4. The first kappa shape index (κ1) is 24.3. The molecule has 0 aliphatic rings. The van der Waals surface area contributed by atoms with Crippen LogP contribution < -0.4 is 0 Å². The van der Waals surface area contributed by atoms with Crippen molar-refractivity contribution in [3.63, 3.8) is 0 Å². The predicted molar refractivity (Wildman–Crippen MR) is 174 cm³/mol. The van der Waals surface area contributed by atoms with Crippen LogP contribution in [0.1, 0.15) is 0 Å². The Kier molecular flexibility index (Phi) is 5.54. The third-order valence-corrected chi connectivity index (χ3v) is 8.36. The van der Waals surface area contributed by atoms with Crippen molar-refractivity contribution in [3.8, 4) is 45.0 Å². The molecule has 4 nitrogen and oxygen atoms in total. The van der Waals surface area contributed by atoms with E-state index in [0.717, 1.165) is 44.8 Å². The van der Waals surface area contributed by atoms with Crippen molar-refractivity contribution in [2.45, 2.75) is 0 Å². The zero-order valence-corrected chi connectivity index (χ0v) is 23.5. The van der Waals surface area contributed by atoms with Crippen molar-refractivity contribution in [1.29, 1.82) is 0 Å². The number of para-hydroxylation sites is 4. The highest BCUT2D eigenvalue weighted by molar-refractivity contribution is 6.05. The molecule has 0 bridgehead atoms.